The highest BCUT2D eigenvalue weighted by Crippen LogP contribution is 2.27. The van der Waals surface area contributed by atoms with Crippen LogP contribution in [0.5, 0.6) is 0 Å². The number of hydrogen-bond donors (Lipinski definition) is 0. The molecule has 0 aromatic rings. The Morgan fingerprint density at radius 3 is 2.60 bits per heavy atom. The van der Waals surface area contributed by atoms with Gasteiger partial charge >= 0.3 is 0 Å². The maximum absolute atomic E-state index is 12.0. The predicted molar refractivity (Wildman–Crippen MR) is 83.7 cm³/mol. The van der Waals surface area contributed by atoms with Crippen molar-refractivity contribution in [2.75, 3.05) is 0 Å². The van der Waals surface area contributed by atoms with Crippen LogP contribution in [0.15, 0.2) is 0 Å². The summed E-state index contributed by atoms with van der Waals surface area (Å²) < 4.78 is 0. The maximum atomic E-state index is 12.0. The molecule has 0 saturated heterocycles. The van der Waals surface area contributed by atoms with E-state index in [-0.39, 0.29) is 11.8 Å². The summed E-state index contributed by atoms with van der Waals surface area (Å²) in [7, 11) is 0. The van der Waals surface area contributed by atoms with E-state index in [0.717, 1.165) is 44.8 Å². The van der Waals surface area contributed by atoms with Crippen LogP contribution in [-0.2, 0) is 9.59 Å². The first-order valence-corrected chi connectivity index (χ1v) is 8.76. The van der Waals surface area contributed by atoms with E-state index < -0.39 is 0 Å². The number of carbonyl (C=O) groups excluding carboxylic acids is 2. The SMILES string of the molecule is CCCCCCCC[C@H](C=O)C[C@H]1CCCCCC1=O. The van der Waals surface area contributed by atoms with E-state index in [1.807, 2.05) is 0 Å². The first-order valence-electron chi connectivity index (χ1n) is 8.76. The molecule has 2 nitrogen and oxygen atoms in total. The van der Waals surface area contributed by atoms with E-state index in [0.29, 0.717) is 5.78 Å². The van der Waals surface area contributed by atoms with Crippen molar-refractivity contribution in [3.63, 3.8) is 0 Å². The highest BCUT2D eigenvalue weighted by Gasteiger charge is 2.23. The molecular weight excluding hydrogens is 248 g/mol. The summed E-state index contributed by atoms with van der Waals surface area (Å²) in [5.41, 5.74) is 0. The number of Topliss-reactive ketones (excluding diaryl/α,β-unsaturated/α-hetero) is 1. The molecule has 0 heterocycles. The molecule has 1 fully saturated rings. The van der Waals surface area contributed by atoms with Crippen LogP contribution in [0.4, 0.5) is 0 Å². The van der Waals surface area contributed by atoms with E-state index in [1.165, 1.54) is 44.9 Å². The third-order valence-corrected chi connectivity index (χ3v) is 4.64. The summed E-state index contributed by atoms with van der Waals surface area (Å²) in [6.07, 6.45) is 15.7. The summed E-state index contributed by atoms with van der Waals surface area (Å²) in [5.74, 6) is 0.707. The Morgan fingerprint density at radius 2 is 1.85 bits per heavy atom. The van der Waals surface area contributed by atoms with E-state index >= 15 is 0 Å². The molecule has 0 aromatic heterocycles. The number of ketones is 1. The molecule has 0 amide bonds. The molecule has 20 heavy (non-hydrogen) atoms. The van der Waals surface area contributed by atoms with Gasteiger partial charge in [0.15, 0.2) is 0 Å². The van der Waals surface area contributed by atoms with E-state index in [2.05, 4.69) is 6.92 Å². The zero-order valence-corrected chi connectivity index (χ0v) is 13.2. The summed E-state index contributed by atoms with van der Waals surface area (Å²) in [4.78, 5) is 23.2. The summed E-state index contributed by atoms with van der Waals surface area (Å²) in [6, 6.07) is 0. The average molecular weight is 280 g/mol. The predicted octanol–water partition coefficient (Wildman–Crippen LogP) is 5.09. The molecule has 0 aromatic carbocycles. The minimum atomic E-state index is 0.119. The second-order valence-corrected chi connectivity index (χ2v) is 6.45. The Morgan fingerprint density at radius 1 is 1.10 bits per heavy atom. The van der Waals surface area contributed by atoms with Crippen LogP contribution in [0.2, 0.25) is 0 Å². The van der Waals surface area contributed by atoms with E-state index in [4.69, 9.17) is 0 Å². The Kier molecular flexibility index (Phi) is 9.61. The lowest BCUT2D eigenvalue weighted by molar-refractivity contribution is -0.123. The van der Waals surface area contributed by atoms with Gasteiger partial charge < -0.3 is 4.79 Å². The molecule has 0 N–H and O–H groups in total. The first kappa shape index (κ1) is 17.4. The zero-order valence-electron chi connectivity index (χ0n) is 13.2. The highest BCUT2D eigenvalue weighted by molar-refractivity contribution is 5.81. The topological polar surface area (TPSA) is 34.1 Å². The van der Waals surface area contributed by atoms with Gasteiger partial charge in [0, 0.05) is 18.3 Å². The molecule has 0 aliphatic heterocycles. The van der Waals surface area contributed by atoms with Gasteiger partial charge in [-0.15, -0.1) is 0 Å². The summed E-state index contributed by atoms with van der Waals surface area (Å²) in [6.45, 7) is 2.23. The first-order chi connectivity index (χ1) is 9.77. The molecule has 0 bridgehead atoms. The van der Waals surface area contributed by atoms with Crippen LogP contribution in [0.3, 0.4) is 0 Å². The van der Waals surface area contributed by atoms with Gasteiger partial charge in [-0.2, -0.15) is 0 Å². The average Bonchev–Trinajstić information content (AvgIpc) is 2.66. The van der Waals surface area contributed by atoms with E-state index in [1.54, 1.807) is 0 Å². The highest BCUT2D eigenvalue weighted by atomic mass is 16.1. The monoisotopic (exact) mass is 280 g/mol. The number of aldehydes is 1. The zero-order chi connectivity index (χ0) is 14.6. The van der Waals surface area contributed by atoms with Gasteiger partial charge in [0.1, 0.15) is 12.1 Å². The van der Waals surface area contributed by atoms with Gasteiger partial charge in [-0.3, -0.25) is 4.79 Å². The van der Waals surface area contributed by atoms with Gasteiger partial charge in [0.05, 0.1) is 0 Å². The minimum absolute atomic E-state index is 0.119. The van der Waals surface area contributed by atoms with Gasteiger partial charge in [-0.1, -0.05) is 58.3 Å². The fourth-order valence-corrected chi connectivity index (χ4v) is 3.27. The van der Waals surface area contributed by atoms with Crippen molar-refractivity contribution in [2.24, 2.45) is 11.8 Å². The van der Waals surface area contributed by atoms with Crippen LogP contribution in [-0.4, -0.2) is 12.1 Å². The smallest absolute Gasteiger partial charge is 0.135 e. The van der Waals surface area contributed by atoms with Crippen molar-refractivity contribution in [1.29, 1.82) is 0 Å². The number of carbonyl (C=O) groups is 2. The quantitative estimate of drug-likeness (QED) is 0.317. The lowest BCUT2D eigenvalue weighted by Crippen LogP contribution is -2.18. The third kappa shape index (κ3) is 7.21. The number of hydrogen-bond acceptors (Lipinski definition) is 2. The number of unbranched alkanes of at least 4 members (excludes halogenated alkanes) is 5. The van der Waals surface area contributed by atoms with Crippen LogP contribution in [0.25, 0.3) is 0 Å². The lowest BCUT2D eigenvalue weighted by atomic mass is 9.86. The number of rotatable bonds is 10. The van der Waals surface area contributed by atoms with Crippen LogP contribution < -0.4 is 0 Å². The van der Waals surface area contributed by atoms with Gasteiger partial charge in [0.25, 0.3) is 0 Å². The van der Waals surface area contributed by atoms with Crippen molar-refractivity contribution >= 4 is 12.1 Å². The molecule has 116 valence electrons. The van der Waals surface area contributed by atoms with Gasteiger partial charge in [-0.05, 0) is 25.7 Å². The minimum Gasteiger partial charge on any atom is -0.303 e. The Labute approximate surface area is 124 Å². The summed E-state index contributed by atoms with van der Waals surface area (Å²) >= 11 is 0. The molecule has 0 unspecified atom stereocenters. The molecule has 0 radical (unpaired) electrons. The van der Waals surface area contributed by atoms with Crippen molar-refractivity contribution < 1.29 is 9.59 Å². The molecule has 2 heteroatoms. The molecule has 1 rings (SSSR count). The van der Waals surface area contributed by atoms with Crippen LogP contribution in [0, 0.1) is 11.8 Å². The second-order valence-electron chi connectivity index (χ2n) is 6.45. The standard InChI is InChI=1S/C18H32O2/c1-2-3-4-5-6-8-11-16(15-19)14-17-12-9-7-10-13-18(17)20/h15-17H,2-14H2,1H3/t16-,17+/m0/s1. The van der Waals surface area contributed by atoms with Crippen molar-refractivity contribution in [3.8, 4) is 0 Å². The molecular formula is C18H32O2. The fourth-order valence-electron chi connectivity index (χ4n) is 3.27. The maximum Gasteiger partial charge on any atom is 0.135 e. The largest absolute Gasteiger partial charge is 0.303 e. The molecule has 0 spiro atoms. The fraction of sp³-hybridized carbons (Fsp3) is 0.889. The Balaban J connectivity index is 2.20. The Hall–Kier alpha value is -0.660. The molecule has 1 saturated carbocycles. The Bertz CT molecular complexity index is 273. The van der Waals surface area contributed by atoms with Crippen molar-refractivity contribution in [1.82, 2.24) is 0 Å². The van der Waals surface area contributed by atoms with Gasteiger partial charge in [0.2, 0.25) is 0 Å². The van der Waals surface area contributed by atoms with Crippen molar-refractivity contribution in [2.45, 2.75) is 90.4 Å². The van der Waals surface area contributed by atoms with Crippen LogP contribution in [0.1, 0.15) is 90.4 Å². The lowest BCUT2D eigenvalue weighted by Gasteiger charge is -2.17. The van der Waals surface area contributed by atoms with Gasteiger partial charge in [-0.25, -0.2) is 0 Å². The molecule has 2 atom stereocenters. The molecule has 1 aliphatic carbocycles. The van der Waals surface area contributed by atoms with Crippen LogP contribution >= 0.6 is 0 Å². The summed E-state index contributed by atoms with van der Waals surface area (Å²) in [5, 5.41) is 0. The molecule has 1 aliphatic rings. The second kappa shape index (κ2) is 11.0. The normalized spacial score (nSPS) is 21.4. The van der Waals surface area contributed by atoms with Crippen molar-refractivity contribution in [3.05, 3.63) is 0 Å². The third-order valence-electron chi connectivity index (χ3n) is 4.64. The van der Waals surface area contributed by atoms with E-state index in [9.17, 15) is 9.59 Å².